The zero-order valence-corrected chi connectivity index (χ0v) is 31.6. The zero-order chi connectivity index (χ0) is 38.1. The molecule has 15 aromatic rings. The first-order chi connectivity index (χ1) is 29.3. The number of rotatable bonds is 2. The minimum absolute atomic E-state index is 1.01. The standard InChI is InChI=1S/C55H30N4/c1-2-15-34(16-3-1)57-44-23-10-9-20-38(44)42-28-33(25-26-46(42)57)41-27-31-13-4-6-17-35(31)48-43-29-32-14-5-7-18-36(32)49-51-47(58(53(41)48)54(43)49)30-56-55-50(51)40-22-12-21-39-37-19-8-11-24-45(37)59(55)52(39)40/h1-30H. The molecule has 6 heterocycles. The first-order valence-corrected chi connectivity index (χ1v) is 20.4. The van der Waals surface area contributed by atoms with Crippen molar-refractivity contribution in [1.82, 2.24) is 18.4 Å². The van der Waals surface area contributed by atoms with Gasteiger partial charge >= 0.3 is 0 Å². The predicted molar refractivity (Wildman–Crippen MR) is 248 cm³/mol. The Morgan fingerprint density at radius 2 is 0.983 bits per heavy atom. The first-order valence-electron chi connectivity index (χ1n) is 20.4. The van der Waals surface area contributed by atoms with E-state index < -0.39 is 0 Å². The highest BCUT2D eigenvalue weighted by molar-refractivity contribution is 6.41. The summed E-state index contributed by atoms with van der Waals surface area (Å²) in [4.78, 5) is 5.44. The SMILES string of the molecule is c1ccc(-n2c3ccccc3c3cc(-c4cc5ccccc5c5c6cc7ccccc7c7c8c9c%10cccc%11c%12ccccc%12n(c9ncc8n(c45)c67)c%11%10)ccc32)cc1. The largest absolute Gasteiger partial charge is 0.309 e. The molecular weight excluding hydrogens is 717 g/mol. The summed E-state index contributed by atoms with van der Waals surface area (Å²) < 4.78 is 7.37. The number of pyridine rings is 1. The van der Waals surface area contributed by atoms with Gasteiger partial charge in [-0.05, 0) is 75.6 Å². The lowest BCUT2D eigenvalue weighted by molar-refractivity contribution is 1.18. The molecule has 4 nitrogen and oxygen atoms in total. The van der Waals surface area contributed by atoms with Gasteiger partial charge in [-0.25, -0.2) is 4.98 Å². The monoisotopic (exact) mass is 746 g/mol. The number of nitrogens with zero attached hydrogens (tertiary/aromatic N) is 4. The van der Waals surface area contributed by atoms with Gasteiger partial charge < -0.3 is 8.97 Å². The molecule has 4 heteroatoms. The van der Waals surface area contributed by atoms with Crippen molar-refractivity contribution in [3.8, 4) is 16.8 Å². The molecule has 0 saturated heterocycles. The maximum absolute atomic E-state index is 5.44. The van der Waals surface area contributed by atoms with Crippen LogP contribution in [0, 0.1) is 0 Å². The first kappa shape index (κ1) is 30.2. The van der Waals surface area contributed by atoms with Crippen LogP contribution in [0.25, 0.3) is 136 Å². The van der Waals surface area contributed by atoms with E-state index in [0.29, 0.717) is 0 Å². The molecule has 0 spiro atoms. The maximum Gasteiger partial charge on any atom is 0.146 e. The van der Waals surface area contributed by atoms with Crippen molar-refractivity contribution < 1.29 is 0 Å². The van der Waals surface area contributed by atoms with Gasteiger partial charge in [0.25, 0.3) is 0 Å². The van der Waals surface area contributed by atoms with E-state index in [1.807, 2.05) is 0 Å². The molecule has 15 rings (SSSR count). The van der Waals surface area contributed by atoms with E-state index in [-0.39, 0.29) is 0 Å². The number of hydrogen-bond acceptors (Lipinski definition) is 1. The highest BCUT2D eigenvalue weighted by atomic mass is 15.0. The molecule has 0 radical (unpaired) electrons. The molecule has 0 atom stereocenters. The summed E-state index contributed by atoms with van der Waals surface area (Å²) in [6, 6.07) is 65.0. The van der Waals surface area contributed by atoms with Crippen molar-refractivity contribution in [2.45, 2.75) is 0 Å². The van der Waals surface area contributed by atoms with Crippen molar-refractivity contribution in [1.29, 1.82) is 0 Å². The van der Waals surface area contributed by atoms with E-state index in [2.05, 4.69) is 195 Å². The highest BCUT2D eigenvalue weighted by Gasteiger charge is 2.28. The molecule has 6 aromatic heterocycles. The summed E-state index contributed by atoms with van der Waals surface area (Å²) >= 11 is 0. The molecule has 0 aliphatic carbocycles. The van der Waals surface area contributed by atoms with Gasteiger partial charge in [0.2, 0.25) is 0 Å². The second-order valence-corrected chi connectivity index (χ2v) is 16.3. The van der Waals surface area contributed by atoms with Gasteiger partial charge in [0.05, 0.1) is 44.8 Å². The third-order valence-electron chi connectivity index (χ3n) is 13.5. The Kier molecular flexibility index (Phi) is 5.38. The van der Waals surface area contributed by atoms with E-state index in [4.69, 9.17) is 4.98 Å². The van der Waals surface area contributed by atoms with Crippen molar-refractivity contribution in [3.05, 3.63) is 182 Å². The third kappa shape index (κ3) is 3.56. The fourth-order valence-electron chi connectivity index (χ4n) is 11.2. The van der Waals surface area contributed by atoms with Gasteiger partial charge in [-0.15, -0.1) is 0 Å². The highest BCUT2D eigenvalue weighted by Crippen LogP contribution is 2.51. The number of benzene rings is 9. The Bertz CT molecular complexity index is 4300. The lowest BCUT2D eigenvalue weighted by Crippen LogP contribution is -1.93. The average Bonchev–Trinajstić information content (AvgIpc) is 4.09. The molecule has 0 fully saturated rings. The van der Waals surface area contributed by atoms with E-state index >= 15 is 0 Å². The normalized spacial score (nSPS) is 12.7. The fraction of sp³-hybridized carbons (Fsp3) is 0. The Morgan fingerprint density at radius 3 is 1.81 bits per heavy atom. The fourth-order valence-corrected chi connectivity index (χ4v) is 11.2. The van der Waals surface area contributed by atoms with Crippen LogP contribution < -0.4 is 0 Å². The van der Waals surface area contributed by atoms with Crippen LogP contribution in [0.1, 0.15) is 0 Å². The van der Waals surface area contributed by atoms with Crippen molar-refractivity contribution in [3.63, 3.8) is 0 Å². The minimum Gasteiger partial charge on any atom is -0.309 e. The van der Waals surface area contributed by atoms with Crippen molar-refractivity contribution in [2.75, 3.05) is 0 Å². The number of para-hydroxylation sites is 4. The molecule has 270 valence electrons. The smallest absolute Gasteiger partial charge is 0.146 e. The number of aromatic nitrogens is 4. The average molecular weight is 747 g/mol. The molecule has 0 bridgehead atoms. The van der Waals surface area contributed by atoms with Crippen molar-refractivity contribution in [2.24, 2.45) is 0 Å². The third-order valence-corrected chi connectivity index (χ3v) is 13.5. The summed E-state index contributed by atoms with van der Waals surface area (Å²) in [7, 11) is 0. The van der Waals surface area contributed by atoms with Crippen molar-refractivity contribution >= 4 is 120 Å². The molecular formula is C55H30N4. The van der Waals surface area contributed by atoms with E-state index in [1.54, 1.807) is 0 Å². The summed E-state index contributed by atoms with van der Waals surface area (Å²) in [5.74, 6) is 0. The molecule has 59 heavy (non-hydrogen) atoms. The van der Waals surface area contributed by atoms with Gasteiger partial charge in [0, 0.05) is 65.1 Å². The van der Waals surface area contributed by atoms with Gasteiger partial charge in [-0.2, -0.15) is 0 Å². The van der Waals surface area contributed by atoms with Crippen LogP contribution in [0.5, 0.6) is 0 Å². The second-order valence-electron chi connectivity index (χ2n) is 16.3. The topological polar surface area (TPSA) is 26.6 Å². The van der Waals surface area contributed by atoms with Crippen LogP contribution >= 0.6 is 0 Å². The predicted octanol–water partition coefficient (Wildman–Crippen LogP) is 14.5. The lowest BCUT2D eigenvalue weighted by Gasteiger charge is -2.12. The van der Waals surface area contributed by atoms with Gasteiger partial charge in [-0.1, -0.05) is 127 Å². The summed E-state index contributed by atoms with van der Waals surface area (Å²) in [6.45, 7) is 0. The van der Waals surface area contributed by atoms with E-state index in [9.17, 15) is 0 Å². The number of fused-ring (bicyclic) bond motifs is 20. The minimum atomic E-state index is 1.01. The van der Waals surface area contributed by atoms with E-state index in [1.165, 1.54) is 120 Å². The van der Waals surface area contributed by atoms with Crippen LogP contribution in [0.15, 0.2) is 182 Å². The Balaban J connectivity index is 1.16. The zero-order valence-electron chi connectivity index (χ0n) is 31.6. The van der Waals surface area contributed by atoms with Gasteiger partial charge in [0.15, 0.2) is 0 Å². The van der Waals surface area contributed by atoms with Gasteiger partial charge in [0.1, 0.15) is 5.65 Å². The van der Waals surface area contributed by atoms with Gasteiger partial charge in [-0.3, -0.25) is 4.40 Å². The molecule has 0 unspecified atom stereocenters. The van der Waals surface area contributed by atoms with Crippen LogP contribution in [-0.4, -0.2) is 18.4 Å². The molecule has 0 aliphatic heterocycles. The summed E-state index contributed by atoms with van der Waals surface area (Å²) in [5.41, 5.74) is 13.1. The molecule has 0 aliphatic rings. The molecule has 9 aromatic carbocycles. The van der Waals surface area contributed by atoms with Crippen LogP contribution in [0.2, 0.25) is 0 Å². The van der Waals surface area contributed by atoms with Crippen LogP contribution in [0.3, 0.4) is 0 Å². The van der Waals surface area contributed by atoms with Crippen LogP contribution in [-0.2, 0) is 0 Å². The summed E-state index contributed by atoms with van der Waals surface area (Å²) in [6.07, 6.45) is 2.16. The van der Waals surface area contributed by atoms with E-state index in [0.717, 1.165) is 16.9 Å². The Labute approximate surface area is 335 Å². The summed E-state index contributed by atoms with van der Waals surface area (Å²) in [5, 5.41) is 17.7. The molecule has 0 N–H and O–H groups in total. The Hall–Kier alpha value is -7.95. The lowest BCUT2D eigenvalue weighted by atomic mass is 9.93. The second kappa shape index (κ2) is 10.5. The molecule has 0 amide bonds. The quantitative estimate of drug-likeness (QED) is 0.173. The molecule has 0 saturated carbocycles. The maximum atomic E-state index is 5.44. The van der Waals surface area contributed by atoms with Crippen LogP contribution in [0.4, 0.5) is 0 Å². The number of hydrogen-bond donors (Lipinski definition) is 0. The Morgan fingerprint density at radius 1 is 0.339 bits per heavy atom.